The Morgan fingerprint density at radius 2 is 1.81 bits per heavy atom. The topological polar surface area (TPSA) is 56.4 Å². The minimum atomic E-state index is 0.195. The lowest BCUT2D eigenvalue weighted by atomic mass is 10.2. The summed E-state index contributed by atoms with van der Waals surface area (Å²) >= 11 is 1.91. The van der Waals surface area contributed by atoms with E-state index in [0.29, 0.717) is 0 Å². The predicted molar refractivity (Wildman–Crippen MR) is 111 cm³/mol. The smallest absolute Gasteiger partial charge is 0.188 e. The highest BCUT2D eigenvalue weighted by atomic mass is 32.2. The van der Waals surface area contributed by atoms with Crippen molar-refractivity contribution in [3.05, 3.63) is 65.2 Å². The molecule has 0 spiro atoms. The first-order chi connectivity index (χ1) is 12.6. The van der Waals surface area contributed by atoms with Gasteiger partial charge in [-0.2, -0.15) is 0 Å². The van der Waals surface area contributed by atoms with Gasteiger partial charge >= 0.3 is 0 Å². The fourth-order valence-electron chi connectivity index (χ4n) is 3.23. The van der Waals surface area contributed by atoms with Crippen molar-refractivity contribution in [1.82, 2.24) is 9.80 Å². The number of benzene rings is 2. The summed E-state index contributed by atoms with van der Waals surface area (Å²) in [6.45, 7) is 6.82. The summed E-state index contributed by atoms with van der Waals surface area (Å²) in [6, 6.07) is 17.5. The Bertz CT molecular complexity index is 729. The fraction of sp³-hybridized carbons (Fsp3) is 0.381. The van der Waals surface area contributed by atoms with Gasteiger partial charge < -0.3 is 10.6 Å². The van der Waals surface area contributed by atoms with Crippen molar-refractivity contribution in [1.29, 1.82) is 5.41 Å². The number of nitrogens with two attached hydrogens (primary N) is 1. The van der Waals surface area contributed by atoms with E-state index in [9.17, 15) is 0 Å². The molecule has 5 heteroatoms. The Labute approximate surface area is 160 Å². The van der Waals surface area contributed by atoms with Gasteiger partial charge in [0, 0.05) is 43.4 Å². The van der Waals surface area contributed by atoms with E-state index >= 15 is 0 Å². The molecule has 1 aliphatic rings. The summed E-state index contributed by atoms with van der Waals surface area (Å²) in [5, 5.41) is 7.64. The molecule has 2 aromatic carbocycles. The summed E-state index contributed by atoms with van der Waals surface area (Å²) < 4.78 is 0. The zero-order valence-electron chi connectivity index (χ0n) is 15.4. The lowest BCUT2D eigenvalue weighted by Crippen LogP contribution is -2.39. The van der Waals surface area contributed by atoms with Crippen molar-refractivity contribution < 1.29 is 0 Å². The van der Waals surface area contributed by atoms with Gasteiger partial charge in [0.2, 0.25) is 0 Å². The number of guanidine groups is 1. The summed E-state index contributed by atoms with van der Waals surface area (Å²) in [7, 11) is 0. The van der Waals surface area contributed by atoms with Crippen molar-refractivity contribution >= 4 is 17.7 Å². The maximum absolute atomic E-state index is 7.64. The van der Waals surface area contributed by atoms with Crippen LogP contribution in [0.4, 0.5) is 0 Å². The largest absolute Gasteiger partial charge is 0.370 e. The van der Waals surface area contributed by atoms with Gasteiger partial charge in [0.15, 0.2) is 5.96 Å². The van der Waals surface area contributed by atoms with Gasteiger partial charge in [0.05, 0.1) is 0 Å². The van der Waals surface area contributed by atoms with Crippen molar-refractivity contribution in [3.63, 3.8) is 0 Å². The van der Waals surface area contributed by atoms with E-state index in [2.05, 4.69) is 60.4 Å². The molecule has 1 fully saturated rings. The van der Waals surface area contributed by atoms with Crippen LogP contribution in [0.1, 0.15) is 23.1 Å². The molecule has 0 atom stereocenters. The van der Waals surface area contributed by atoms with Crippen molar-refractivity contribution in [2.75, 3.05) is 26.2 Å². The number of aryl methyl sites for hydroxylation is 1. The van der Waals surface area contributed by atoms with E-state index in [4.69, 9.17) is 11.1 Å². The Morgan fingerprint density at radius 1 is 1.04 bits per heavy atom. The lowest BCUT2D eigenvalue weighted by molar-refractivity contribution is 0.275. The number of hydrogen-bond donors (Lipinski definition) is 2. The molecule has 0 amide bonds. The molecule has 0 aliphatic carbocycles. The summed E-state index contributed by atoms with van der Waals surface area (Å²) in [4.78, 5) is 5.81. The molecule has 2 aromatic rings. The molecule has 0 saturated carbocycles. The molecule has 0 unspecified atom stereocenters. The first-order valence-electron chi connectivity index (χ1n) is 9.19. The maximum atomic E-state index is 7.64. The lowest BCUT2D eigenvalue weighted by Gasteiger charge is -2.22. The van der Waals surface area contributed by atoms with Crippen LogP contribution in [-0.4, -0.2) is 41.9 Å². The normalized spacial score (nSPS) is 15.7. The summed E-state index contributed by atoms with van der Waals surface area (Å²) in [6.07, 6.45) is 1.05. The molecule has 138 valence electrons. The molecule has 0 bridgehead atoms. The summed E-state index contributed by atoms with van der Waals surface area (Å²) in [5.74, 6) is 1.19. The minimum absolute atomic E-state index is 0.195. The second-order valence-electron chi connectivity index (χ2n) is 6.88. The first kappa shape index (κ1) is 18.8. The second-order valence-corrected chi connectivity index (χ2v) is 7.90. The molecule has 1 saturated heterocycles. The van der Waals surface area contributed by atoms with Gasteiger partial charge in [-0.25, -0.2) is 0 Å². The minimum Gasteiger partial charge on any atom is -0.370 e. The van der Waals surface area contributed by atoms with Gasteiger partial charge in [-0.1, -0.05) is 48.0 Å². The SMILES string of the molecule is Cc1ccc(CSc2ccccc2CN2CCCN(C(=N)N)CC2)cc1. The monoisotopic (exact) mass is 368 g/mol. The van der Waals surface area contributed by atoms with Crippen molar-refractivity contribution in [3.8, 4) is 0 Å². The van der Waals surface area contributed by atoms with Crippen LogP contribution in [-0.2, 0) is 12.3 Å². The Hall–Kier alpha value is -1.98. The van der Waals surface area contributed by atoms with Crippen LogP contribution in [0.15, 0.2) is 53.4 Å². The van der Waals surface area contributed by atoms with Crippen LogP contribution in [0.2, 0.25) is 0 Å². The second kappa shape index (κ2) is 9.10. The van der Waals surface area contributed by atoms with E-state index in [1.165, 1.54) is 21.6 Å². The molecule has 4 nitrogen and oxygen atoms in total. The molecule has 3 rings (SSSR count). The summed E-state index contributed by atoms with van der Waals surface area (Å²) in [5.41, 5.74) is 9.71. The number of rotatable bonds is 5. The number of nitrogens with zero attached hydrogens (tertiary/aromatic N) is 2. The number of nitrogens with one attached hydrogen (secondary N) is 1. The number of thioether (sulfide) groups is 1. The van der Waals surface area contributed by atoms with Gasteiger partial charge in [-0.05, 0) is 30.5 Å². The average Bonchev–Trinajstić information content (AvgIpc) is 2.88. The van der Waals surface area contributed by atoms with Crippen LogP contribution >= 0.6 is 11.8 Å². The quantitative estimate of drug-likeness (QED) is 0.480. The van der Waals surface area contributed by atoms with Crippen LogP contribution in [0, 0.1) is 12.3 Å². The van der Waals surface area contributed by atoms with Crippen LogP contribution in [0.5, 0.6) is 0 Å². The van der Waals surface area contributed by atoms with E-state index < -0.39 is 0 Å². The Balaban J connectivity index is 1.61. The van der Waals surface area contributed by atoms with Gasteiger partial charge in [0.25, 0.3) is 0 Å². The molecule has 0 radical (unpaired) electrons. The van der Waals surface area contributed by atoms with Crippen molar-refractivity contribution in [2.45, 2.75) is 30.5 Å². The maximum Gasteiger partial charge on any atom is 0.188 e. The highest BCUT2D eigenvalue weighted by Gasteiger charge is 2.16. The van der Waals surface area contributed by atoms with E-state index in [1.54, 1.807) is 0 Å². The molecular weight excluding hydrogens is 340 g/mol. The molecular formula is C21H28N4S. The van der Waals surface area contributed by atoms with E-state index in [-0.39, 0.29) is 5.96 Å². The fourth-order valence-corrected chi connectivity index (χ4v) is 4.24. The Kier molecular flexibility index (Phi) is 6.58. The molecule has 3 N–H and O–H groups in total. The van der Waals surface area contributed by atoms with Gasteiger partial charge in [-0.3, -0.25) is 10.3 Å². The molecule has 26 heavy (non-hydrogen) atoms. The van der Waals surface area contributed by atoms with Gasteiger partial charge in [0.1, 0.15) is 0 Å². The third kappa shape index (κ3) is 5.26. The molecule has 1 aliphatic heterocycles. The molecule has 0 aromatic heterocycles. The van der Waals surface area contributed by atoms with Gasteiger partial charge in [-0.15, -0.1) is 11.8 Å². The Morgan fingerprint density at radius 3 is 2.58 bits per heavy atom. The molecule has 1 heterocycles. The van der Waals surface area contributed by atoms with Crippen LogP contribution in [0.3, 0.4) is 0 Å². The van der Waals surface area contributed by atoms with Crippen LogP contribution < -0.4 is 5.73 Å². The van der Waals surface area contributed by atoms with E-state index in [1.807, 2.05) is 16.7 Å². The van der Waals surface area contributed by atoms with E-state index in [0.717, 1.165) is 44.9 Å². The predicted octanol–water partition coefficient (Wildman–Crippen LogP) is 3.69. The zero-order chi connectivity index (χ0) is 18.4. The van der Waals surface area contributed by atoms with Crippen molar-refractivity contribution in [2.24, 2.45) is 5.73 Å². The average molecular weight is 369 g/mol. The highest BCUT2D eigenvalue weighted by molar-refractivity contribution is 7.98. The zero-order valence-corrected chi connectivity index (χ0v) is 16.3. The number of hydrogen-bond acceptors (Lipinski definition) is 3. The third-order valence-electron chi connectivity index (χ3n) is 4.81. The standard InChI is InChI=1S/C21H28N4S/c1-17-7-9-18(10-8-17)16-26-20-6-3-2-5-19(20)15-24-11-4-12-25(14-13-24)21(22)23/h2-3,5-10H,4,11-16H2,1H3,(H3,22,23). The van der Waals surface area contributed by atoms with Crippen LogP contribution in [0.25, 0.3) is 0 Å². The third-order valence-corrected chi connectivity index (χ3v) is 6.00. The highest BCUT2D eigenvalue weighted by Crippen LogP contribution is 2.27. The first-order valence-corrected chi connectivity index (χ1v) is 10.2.